The van der Waals surface area contributed by atoms with Crippen molar-refractivity contribution in [3.63, 3.8) is 0 Å². The molecule has 0 fully saturated rings. The molecule has 0 bridgehead atoms. The van der Waals surface area contributed by atoms with Crippen LogP contribution in [-0.4, -0.2) is 34.6 Å². The molecular formula is C16H16N4O4S. The Morgan fingerprint density at radius 1 is 1.16 bits per heavy atom. The van der Waals surface area contributed by atoms with Crippen LogP contribution in [0, 0.1) is 0 Å². The number of carbonyl (C=O) groups is 2. The van der Waals surface area contributed by atoms with Crippen LogP contribution < -0.4 is 20.1 Å². The Morgan fingerprint density at radius 2 is 2.00 bits per heavy atom. The predicted octanol–water partition coefficient (Wildman–Crippen LogP) is 1.57. The van der Waals surface area contributed by atoms with Gasteiger partial charge in [0.2, 0.25) is 18.6 Å². The van der Waals surface area contributed by atoms with E-state index in [-0.39, 0.29) is 24.4 Å². The molecule has 0 spiro atoms. The number of carbonyl (C=O) groups excluding carboxylic acids is 2. The van der Waals surface area contributed by atoms with Crippen LogP contribution in [0.25, 0.3) is 0 Å². The minimum atomic E-state index is -0.211. The molecule has 0 saturated carbocycles. The van der Waals surface area contributed by atoms with E-state index in [1.807, 2.05) is 18.2 Å². The van der Waals surface area contributed by atoms with Crippen molar-refractivity contribution >= 4 is 29.4 Å². The van der Waals surface area contributed by atoms with Gasteiger partial charge in [-0.15, -0.1) is 10.2 Å². The molecule has 1 aromatic carbocycles. The first-order valence-electron chi connectivity index (χ1n) is 7.49. The normalized spacial score (nSPS) is 11.9. The summed E-state index contributed by atoms with van der Waals surface area (Å²) < 4.78 is 10.6. The van der Waals surface area contributed by atoms with Crippen LogP contribution in [0.15, 0.2) is 35.4 Å². The number of anilines is 1. The lowest BCUT2D eigenvalue weighted by atomic mass is 10.2. The zero-order valence-corrected chi connectivity index (χ0v) is 14.3. The molecule has 130 valence electrons. The fraction of sp³-hybridized carbons (Fsp3) is 0.250. The molecule has 0 saturated heterocycles. The molecule has 0 aliphatic carbocycles. The molecule has 2 amide bonds. The number of ether oxygens (including phenoxy) is 2. The van der Waals surface area contributed by atoms with Crippen molar-refractivity contribution in [1.82, 2.24) is 15.5 Å². The number of benzene rings is 1. The molecule has 1 aliphatic heterocycles. The number of thioether (sulfide) groups is 1. The Bertz CT molecular complexity index is 782. The summed E-state index contributed by atoms with van der Waals surface area (Å²) in [6.45, 7) is 2.03. The zero-order chi connectivity index (χ0) is 17.6. The Hall–Kier alpha value is -2.81. The van der Waals surface area contributed by atoms with Crippen molar-refractivity contribution in [1.29, 1.82) is 0 Å². The highest BCUT2D eigenvalue weighted by Crippen LogP contribution is 2.32. The molecule has 2 heterocycles. The number of nitrogens with one attached hydrogen (secondary N) is 2. The molecule has 1 aromatic heterocycles. The van der Waals surface area contributed by atoms with Crippen LogP contribution in [0.3, 0.4) is 0 Å². The number of nitrogens with zero attached hydrogens (tertiary/aromatic N) is 2. The van der Waals surface area contributed by atoms with Gasteiger partial charge in [0.1, 0.15) is 5.03 Å². The lowest BCUT2D eigenvalue weighted by Crippen LogP contribution is -2.24. The van der Waals surface area contributed by atoms with E-state index in [0.29, 0.717) is 28.9 Å². The minimum Gasteiger partial charge on any atom is -0.454 e. The van der Waals surface area contributed by atoms with E-state index in [1.54, 1.807) is 12.1 Å². The molecule has 1 aliphatic rings. The summed E-state index contributed by atoms with van der Waals surface area (Å²) in [5, 5.41) is 13.8. The lowest BCUT2D eigenvalue weighted by molar-refractivity contribution is -0.118. The van der Waals surface area contributed by atoms with Gasteiger partial charge in [-0.1, -0.05) is 17.8 Å². The summed E-state index contributed by atoms with van der Waals surface area (Å²) in [4.78, 5) is 22.9. The van der Waals surface area contributed by atoms with E-state index in [1.165, 1.54) is 18.7 Å². The molecule has 0 unspecified atom stereocenters. The van der Waals surface area contributed by atoms with Gasteiger partial charge in [0.15, 0.2) is 17.3 Å². The number of rotatable bonds is 6. The van der Waals surface area contributed by atoms with E-state index in [0.717, 1.165) is 5.56 Å². The SMILES string of the molecule is CC(=O)Nc1ccc(SCC(=O)NCc2ccc3c(c2)OCO3)nn1. The van der Waals surface area contributed by atoms with Gasteiger partial charge < -0.3 is 20.1 Å². The van der Waals surface area contributed by atoms with Crippen molar-refractivity contribution < 1.29 is 19.1 Å². The maximum atomic E-state index is 11.9. The smallest absolute Gasteiger partial charge is 0.231 e. The van der Waals surface area contributed by atoms with Gasteiger partial charge in [-0.2, -0.15) is 0 Å². The van der Waals surface area contributed by atoms with E-state index >= 15 is 0 Å². The second kappa shape index (κ2) is 7.84. The molecule has 2 aromatic rings. The fourth-order valence-electron chi connectivity index (χ4n) is 2.09. The Kier molecular flexibility index (Phi) is 5.34. The monoisotopic (exact) mass is 360 g/mol. The van der Waals surface area contributed by atoms with Gasteiger partial charge in [-0.3, -0.25) is 9.59 Å². The highest BCUT2D eigenvalue weighted by Gasteiger charge is 2.13. The number of fused-ring (bicyclic) bond motifs is 1. The van der Waals surface area contributed by atoms with Crippen LogP contribution in [0.5, 0.6) is 11.5 Å². The summed E-state index contributed by atoms with van der Waals surface area (Å²) >= 11 is 1.27. The van der Waals surface area contributed by atoms with Gasteiger partial charge in [0.05, 0.1) is 5.75 Å². The van der Waals surface area contributed by atoms with Crippen molar-refractivity contribution in [3.05, 3.63) is 35.9 Å². The van der Waals surface area contributed by atoms with Gasteiger partial charge in [0, 0.05) is 13.5 Å². The average Bonchev–Trinajstić information content (AvgIpc) is 3.06. The van der Waals surface area contributed by atoms with E-state index < -0.39 is 0 Å². The standard InChI is InChI=1S/C16H16N4O4S/c1-10(21)18-14-4-5-16(20-19-14)25-8-15(22)17-7-11-2-3-12-13(6-11)24-9-23-12/h2-6H,7-9H2,1H3,(H,17,22)(H,18,19,21). The van der Waals surface area contributed by atoms with Crippen molar-refractivity contribution in [2.75, 3.05) is 17.9 Å². The molecule has 25 heavy (non-hydrogen) atoms. The van der Waals surface area contributed by atoms with E-state index in [9.17, 15) is 9.59 Å². The predicted molar refractivity (Wildman–Crippen MR) is 91.5 cm³/mol. The molecule has 0 atom stereocenters. The van der Waals surface area contributed by atoms with Gasteiger partial charge in [-0.25, -0.2) is 0 Å². The second-order valence-electron chi connectivity index (χ2n) is 5.19. The third kappa shape index (κ3) is 4.83. The van der Waals surface area contributed by atoms with Gasteiger partial charge in [0.25, 0.3) is 0 Å². The zero-order valence-electron chi connectivity index (χ0n) is 13.4. The summed E-state index contributed by atoms with van der Waals surface area (Å²) in [5.41, 5.74) is 0.932. The van der Waals surface area contributed by atoms with Crippen molar-refractivity contribution in [3.8, 4) is 11.5 Å². The number of hydrogen-bond acceptors (Lipinski definition) is 7. The molecule has 0 radical (unpaired) electrons. The van der Waals surface area contributed by atoms with Crippen LogP contribution in [0.1, 0.15) is 12.5 Å². The molecule has 2 N–H and O–H groups in total. The Labute approximate surface area is 148 Å². The topological polar surface area (TPSA) is 102 Å². The Morgan fingerprint density at radius 3 is 2.76 bits per heavy atom. The number of hydrogen-bond donors (Lipinski definition) is 2. The molecule has 8 nitrogen and oxygen atoms in total. The van der Waals surface area contributed by atoms with E-state index in [2.05, 4.69) is 20.8 Å². The summed E-state index contributed by atoms with van der Waals surface area (Å²) in [7, 11) is 0. The van der Waals surface area contributed by atoms with Crippen LogP contribution in [0.2, 0.25) is 0 Å². The molecule has 3 rings (SSSR count). The second-order valence-corrected chi connectivity index (χ2v) is 6.19. The molecular weight excluding hydrogens is 344 g/mol. The third-order valence-electron chi connectivity index (χ3n) is 3.22. The van der Waals surface area contributed by atoms with Crippen LogP contribution >= 0.6 is 11.8 Å². The maximum absolute atomic E-state index is 11.9. The van der Waals surface area contributed by atoms with E-state index in [4.69, 9.17) is 9.47 Å². The van der Waals surface area contributed by atoms with Crippen LogP contribution in [0.4, 0.5) is 5.82 Å². The van der Waals surface area contributed by atoms with Gasteiger partial charge in [-0.05, 0) is 29.8 Å². The first kappa shape index (κ1) is 17.0. The summed E-state index contributed by atoms with van der Waals surface area (Å²) in [6.07, 6.45) is 0. The van der Waals surface area contributed by atoms with Crippen molar-refractivity contribution in [2.45, 2.75) is 18.5 Å². The average molecular weight is 360 g/mol. The first-order valence-corrected chi connectivity index (χ1v) is 8.48. The van der Waals surface area contributed by atoms with Gasteiger partial charge >= 0.3 is 0 Å². The van der Waals surface area contributed by atoms with Crippen molar-refractivity contribution in [2.24, 2.45) is 0 Å². The summed E-state index contributed by atoms with van der Waals surface area (Å²) in [5.74, 6) is 1.68. The number of amides is 2. The minimum absolute atomic E-state index is 0.115. The highest BCUT2D eigenvalue weighted by molar-refractivity contribution is 7.99. The maximum Gasteiger partial charge on any atom is 0.231 e. The molecule has 9 heteroatoms. The largest absolute Gasteiger partial charge is 0.454 e. The summed E-state index contributed by atoms with van der Waals surface area (Å²) in [6, 6.07) is 8.90. The quantitative estimate of drug-likeness (QED) is 0.754. The Balaban J connectivity index is 1.44. The first-order chi connectivity index (χ1) is 12.1. The third-order valence-corrected chi connectivity index (χ3v) is 4.14. The fourth-order valence-corrected chi connectivity index (χ4v) is 2.73. The lowest BCUT2D eigenvalue weighted by Gasteiger charge is -2.06. The highest BCUT2D eigenvalue weighted by atomic mass is 32.2. The number of aromatic nitrogens is 2. The van der Waals surface area contributed by atoms with Crippen LogP contribution in [-0.2, 0) is 16.1 Å².